The Kier molecular flexibility index (Phi) is 8.81. The van der Waals surface area contributed by atoms with Crippen molar-refractivity contribution in [3.63, 3.8) is 0 Å². The summed E-state index contributed by atoms with van der Waals surface area (Å²) in [7, 11) is 1.54. The number of fused-ring (bicyclic) bond motifs is 1. The number of benzene rings is 3. The van der Waals surface area contributed by atoms with Crippen LogP contribution in [0.2, 0.25) is 0 Å². The first-order chi connectivity index (χ1) is 16.9. The third-order valence-electron chi connectivity index (χ3n) is 5.15. The van der Waals surface area contributed by atoms with Crippen LogP contribution >= 0.6 is 0 Å². The van der Waals surface area contributed by atoms with Crippen LogP contribution in [0.25, 0.3) is 10.9 Å². The number of carboxylic acid groups (broad SMARTS) is 1. The van der Waals surface area contributed by atoms with Crippen LogP contribution in [0, 0.1) is 5.82 Å². The quantitative estimate of drug-likeness (QED) is 0.296. The SMILES string of the molecule is COc1cccc(CNC(=O)c2nc3ccc(F)c(OCc4ccc(C(=O)[O-])cc4)c3c(=O)[nH]2)c1.[Na+]. The number of hydrogen-bond donors (Lipinski definition) is 2. The number of hydrogen-bond acceptors (Lipinski definition) is 7. The van der Waals surface area contributed by atoms with Gasteiger partial charge >= 0.3 is 29.6 Å². The molecule has 11 heteroatoms. The maximum absolute atomic E-state index is 14.5. The summed E-state index contributed by atoms with van der Waals surface area (Å²) in [5.74, 6) is -2.65. The fraction of sp³-hybridized carbons (Fsp3) is 0.120. The summed E-state index contributed by atoms with van der Waals surface area (Å²) < 4.78 is 25.2. The van der Waals surface area contributed by atoms with Gasteiger partial charge in [0, 0.05) is 6.54 Å². The van der Waals surface area contributed by atoms with E-state index in [1.54, 1.807) is 24.3 Å². The van der Waals surface area contributed by atoms with Crippen LogP contribution in [0.4, 0.5) is 4.39 Å². The van der Waals surface area contributed by atoms with Gasteiger partial charge in [0.15, 0.2) is 17.4 Å². The Labute approximate surface area is 226 Å². The van der Waals surface area contributed by atoms with Crippen molar-refractivity contribution in [1.82, 2.24) is 15.3 Å². The Morgan fingerprint density at radius 3 is 2.53 bits per heavy atom. The Morgan fingerprint density at radius 1 is 1.08 bits per heavy atom. The van der Waals surface area contributed by atoms with Gasteiger partial charge in [0.1, 0.15) is 17.7 Å². The number of aromatic nitrogens is 2. The van der Waals surface area contributed by atoms with Gasteiger partial charge in [0.25, 0.3) is 11.5 Å². The Hall–Kier alpha value is -3.73. The topological polar surface area (TPSA) is 133 Å². The Bertz CT molecular complexity index is 1470. The van der Waals surface area contributed by atoms with E-state index in [2.05, 4.69) is 15.3 Å². The first-order valence-corrected chi connectivity index (χ1v) is 10.4. The van der Waals surface area contributed by atoms with Gasteiger partial charge in [0.2, 0.25) is 0 Å². The third kappa shape index (κ3) is 6.09. The molecule has 2 N–H and O–H groups in total. The molecule has 0 unspecified atom stereocenters. The molecule has 0 radical (unpaired) electrons. The minimum absolute atomic E-state index is 0. The van der Waals surface area contributed by atoms with E-state index in [9.17, 15) is 23.9 Å². The van der Waals surface area contributed by atoms with Crippen LogP contribution in [0.5, 0.6) is 11.5 Å². The standard InChI is InChI=1S/C25H20FN3O6.Na/c1-34-17-4-2-3-15(11-17)12-27-24(31)22-28-19-10-9-18(26)21(20(19)23(30)29-22)35-13-14-5-7-16(8-6-14)25(32)33;/h2-11H,12-13H2,1H3,(H,27,31)(H,32,33)(H,28,29,30);/q;+1/p-1. The molecule has 178 valence electrons. The van der Waals surface area contributed by atoms with E-state index in [0.29, 0.717) is 11.3 Å². The van der Waals surface area contributed by atoms with Crippen molar-refractivity contribution < 1.29 is 58.1 Å². The van der Waals surface area contributed by atoms with Crippen molar-refractivity contribution in [2.75, 3.05) is 7.11 Å². The number of carbonyl (C=O) groups excluding carboxylic acids is 2. The van der Waals surface area contributed by atoms with Crippen molar-refractivity contribution in [3.05, 3.63) is 99.3 Å². The first-order valence-electron chi connectivity index (χ1n) is 10.4. The summed E-state index contributed by atoms with van der Waals surface area (Å²) in [6.45, 7) is 0.0396. The summed E-state index contributed by atoms with van der Waals surface area (Å²) in [6.07, 6.45) is 0. The van der Waals surface area contributed by atoms with E-state index in [4.69, 9.17) is 9.47 Å². The summed E-state index contributed by atoms with van der Waals surface area (Å²) in [5, 5.41) is 13.4. The average molecular weight is 499 g/mol. The summed E-state index contributed by atoms with van der Waals surface area (Å²) >= 11 is 0. The summed E-state index contributed by atoms with van der Waals surface area (Å²) in [4.78, 5) is 42.7. The predicted octanol–water partition coefficient (Wildman–Crippen LogP) is -1.05. The van der Waals surface area contributed by atoms with Crippen LogP contribution < -0.4 is 55.0 Å². The van der Waals surface area contributed by atoms with Gasteiger partial charge in [-0.3, -0.25) is 9.59 Å². The normalized spacial score (nSPS) is 10.4. The minimum Gasteiger partial charge on any atom is -0.545 e. The number of aromatic amines is 1. The van der Waals surface area contributed by atoms with E-state index >= 15 is 0 Å². The van der Waals surface area contributed by atoms with Crippen molar-refractivity contribution in [1.29, 1.82) is 0 Å². The van der Waals surface area contributed by atoms with Crippen molar-refractivity contribution in [2.45, 2.75) is 13.2 Å². The fourth-order valence-electron chi connectivity index (χ4n) is 3.37. The van der Waals surface area contributed by atoms with Crippen molar-refractivity contribution >= 4 is 22.8 Å². The fourth-order valence-corrected chi connectivity index (χ4v) is 3.37. The number of methoxy groups -OCH3 is 1. The molecule has 4 rings (SSSR count). The molecule has 3 aromatic carbocycles. The Morgan fingerprint density at radius 2 is 1.83 bits per heavy atom. The number of nitrogens with zero attached hydrogens (tertiary/aromatic N) is 1. The van der Waals surface area contributed by atoms with E-state index in [1.165, 1.54) is 37.4 Å². The molecule has 0 bridgehead atoms. The van der Waals surface area contributed by atoms with Crippen LogP contribution in [-0.2, 0) is 13.2 Å². The first kappa shape index (κ1) is 26.9. The molecular formula is C25H19FN3NaO6. The summed E-state index contributed by atoms with van der Waals surface area (Å²) in [5.41, 5.74) is 0.644. The summed E-state index contributed by atoms with van der Waals surface area (Å²) in [6, 6.07) is 15.1. The number of rotatable bonds is 8. The molecule has 36 heavy (non-hydrogen) atoms. The van der Waals surface area contributed by atoms with Crippen molar-refractivity contribution in [2.24, 2.45) is 0 Å². The van der Waals surface area contributed by atoms with E-state index in [-0.39, 0.29) is 70.7 Å². The number of H-pyrrole nitrogens is 1. The number of halogens is 1. The molecule has 1 aromatic heterocycles. The zero-order chi connectivity index (χ0) is 24.9. The molecule has 9 nitrogen and oxygen atoms in total. The second kappa shape index (κ2) is 11.8. The zero-order valence-electron chi connectivity index (χ0n) is 19.5. The van der Waals surface area contributed by atoms with Crippen LogP contribution in [0.1, 0.15) is 32.1 Å². The Balaban J connectivity index is 0.00000361. The third-order valence-corrected chi connectivity index (χ3v) is 5.15. The molecule has 1 heterocycles. The zero-order valence-corrected chi connectivity index (χ0v) is 21.5. The molecular weight excluding hydrogens is 480 g/mol. The maximum atomic E-state index is 14.5. The molecule has 0 aliphatic heterocycles. The van der Waals surface area contributed by atoms with E-state index < -0.39 is 23.3 Å². The molecule has 0 spiro atoms. The van der Waals surface area contributed by atoms with Crippen LogP contribution in [0.15, 0.2) is 65.5 Å². The van der Waals surface area contributed by atoms with Gasteiger partial charge in [-0.1, -0.05) is 36.4 Å². The molecule has 1 amide bonds. The van der Waals surface area contributed by atoms with Crippen LogP contribution in [-0.4, -0.2) is 29.0 Å². The number of aromatic carboxylic acids is 1. The number of carboxylic acids is 1. The molecule has 0 aliphatic rings. The minimum atomic E-state index is -1.32. The molecule has 0 fully saturated rings. The van der Waals surface area contributed by atoms with Gasteiger partial charge in [0.05, 0.1) is 18.6 Å². The molecule has 0 saturated heterocycles. The average Bonchev–Trinajstić information content (AvgIpc) is 2.87. The van der Waals surface area contributed by atoms with Gasteiger partial charge in [-0.05, 0) is 41.0 Å². The van der Waals surface area contributed by atoms with Gasteiger partial charge < -0.3 is 29.7 Å². The molecule has 4 aromatic rings. The largest absolute Gasteiger partial charge is 1.00 e. The van der Waals surface area contributed by atoms with Gasteiger partial charge in [-0.2, -0.15) is 0 Å². The number of nitrogens with one attached hydrogen (secondary N) is 2. The van der Waals surface area contributed by atoms with Gasteiger partial charge in [-0.25, -0.2) is 9.37 Å². The van der Waals surface area contributed by atoms with E-state index in [0.717, 1.165) is 11.6 Å². The number of carbonyl (C=O) groups is 2. The second-order valence-corrected chi connectivity index (χ2v) is 7.49. The molecule has 0 atom stereocenters. The second-order valence-electron chi connectivity index (χ2n) is 7.49. The number of ether oxygens (including phenoxy) is 2. The monoisotopic (exact) mass is 499 g/mol. The van der Waals surface area contributed by atoms with Crippen LogP contribution in [0.3, 0.4) is 0 Å². The predicted molar refractivity (Wildman–Crippen MR) is 122 cm³/mol. The van der Waals surface area contributed by atoms with Crippen molar-refractivity contribution in [3.8, 4) is 11.5 Å². The maximum Gasteiger partial charge on any atom is 1.00 e. The van der Waals surface area contributed by atoms with E-state index in [1.807, 2.05) is 0 Å². The molecule has 0 saturated carbocycles. The molecule has 0 aliphatic carbocycles. The smallest absolute Gasteiger partial charge is 0.545 e. The number of amides is 1. The van der Waals surface area contributed by atoms with Gasteiger partial charge in [-0.15, -0.1) is 0 Å².